The Balaban J connectivity index is 3.41. The smallest absolute Gasteiger partial charge is 0.141 e. The highest BCUT2D eigenvalue weighted by Gasteiger charge is 2.03. The van der Waals surface area contributed by atoms with Gasteiger partial charge < -0.3 is 0 Å². The standard InChI is InChI=1S/C8H4BIN2/c9-7-1-6(4-12)8(10)2-5(7)3-11/h1-2H,9H2. The maximum absolute atomic E-state index is 8.67. The van der Waals surface area contributed by atoms with Crippen LogP contribution < -0.4 is 5.46 Å². The van der Waals surface area contributed by atoms with E-state index in [0.717, 1.165) is 9.03 Å². The lowest BCUT2D eigenvalue weighted by Crippen LogP contribution is -2.09. The Labute approximate surface area is 85.4 Å². The van der Waals surface area contributed by atoms with Crippen molar-refractivity contribution >= 4 is 35.9 Å². The summed E-state index contributed by atoms with van der Waals surface area (Å²) in [6.45, 7) is 0. The maximum atomic E-state index is 8.67. The summed E-state index contributed by atoms with van der Waals surface area (Å²) < 4.78 is 0.831. The van der Waals surface area contributed by atoms with Crippen LogP contribution in [-0.4, -0.2) is 7.85 Å². The molecule has 0 aromatic heterocycles. The first-order valence-electron chi connectivity index (χ1n) is 3.29. The van der Waals surface area contributed by atoms with Crippen molar-refractivity contribution in [1.82, 2.24) is 0 Å². The Kier molecular flexibility index (Phi) is 2.72. The van der Waals surface area contributed by atoms with Crippen LogP contribution in [0, 0.1) is 26.2 Å². The first kappa shape index (κ1) is 9.09. The highest BCUT2D eigenvalue weighted by Crippen LogP contribution is 2.10. The summed E-state index contributed by atoms with van der Waals surface area (Å²) in [4.78, 5) is 0. The van der Waals surface area contributed by atoms with Crippen LogP contribution in [0.3, 0.4) is 0 Å². The minimum Gasteiger partial charge on any atom is -0.192 e. The molecule has 0 saturated heterocycles. The molecular formula is C8H4BIN2. The summed E-state index contributed by atoms with van der Waals surface area (Å²) >= 11 is 2.05. The molecule has 0 atom stereocenters. The topological polar surface area (TPSA) is 47.6 Å². The van der Waals surface area contributed by atoms with Gasteiger partial charge in [-0.15, -0.1) is 0 Å². The normalized spacial score (nSPS) is 8.58. The van der Waals surface area contributed by atoms with E-state index in [4.69, 9.17) is 10.5 Å². The highest BCUT2D eigenvalue weighted by atomic mass is 127. The third-order valence-corrected chi connectivity index (χ3v) is 2.45. The van der Waals surface area contributed by atoms with E-state index in [-0.39, 0.29) is 0 Å². The predicted molar refractivity (Wildman–Crippen MR) is 56.8 cm³/mol. The molecule has 0 heterocycles. The Morgan fingerprint density at radius 3 is 2.25 bits per heavy atom. The number of nitrogens with zero attached hydrogens (tertiary/aromatic N) is 2. The molecule has 1 rings (SSSR count). The van der Waals surface area contributed by atoms with Gasteiger partial charge in [-0.2, -0.15) is 10.5 Å². The lowest BCUT2D eigenvalue weighted by molar-refractivity contribution is 1.45. The van der Waals surface area contributed by atoms with Crippen LogP contribution in [-0.2, 0) is 0 Å². The quantitative estimate of drug-likeness (QED) is 0.500. The van der Waals surface area contributed by atoms with Gasteiger partial charge in [0, 0.05) is 9.13 Å². The van der Waals surface area contributed by atoms with Crippen LogP contribution in [0.2, 0.25) is 0 Å². The Hall–Kier alpha value is -1.01. The largest absolute Gasteiger partial charge is 0.192 e. The Bertz CT molecular complexity index is 361. The molecule has 1 aromatic carbocycles. The molecule has 0 radical (unpaired) electrons. The molecule has 0 aliphatic rings. The molecular weight excluding hydrogens is 262 g/mol. The molecule has 2 nitrogen and oxygen atoms in total. The number of nitriles is 2. The van der Waals surface area contributed by atoms with E-state index in [1.165, 1.54) is 0 Å². The van der Waals surface area contributed by atoms with Crippen LogP contribution in [0.25, 0.3) is 0 Å². The molecule has 12 heavy (non-hydrogen) atoms. The number of rotatable bonds is 0. The molecule has 0 N–H and O–H groups in total. The fraction of sp³-hybridized carbons (Fsp3) is 0. The van der Waals surface area contributed by atoms with Gasteiger partial charge >= 0.3 is 0 Å². The summed E-state index contributed by atoms with van der Waals surface area (Å²) in [7, 11) is 1.83. The summed E-state index contributed by atoms with van der Waals surface area (Å²) in [5.74, 6) is 0. The average molecular weight is 266 g/mol. The van der Waals surface area contributed by atoms with Crippen LogP contribution >= 0.6 is 22.6 Å². The first-order chi connectivity index (χ1) is 5.69. The molecule has 56 valence electrons. The average Bonchev–Trinajstić information content (AvgIpc) is 2.08. The van der Waals surface area contributed by atoms with Crippen LogP contribution in [0.5, 0.6) is 0 Å². The second kappa shape index (κ2) is 3.60. The lowest BCUT2D eigenvalue weighted by atomic mass is 9.90. The Morgan fingerprint density at radius 2 is 1.75 bits per heavy atom. The van der Waals surface area contributed by atoms with Crippen molar-refractivity contribution in [2.24, 2.45) is 0 Å². The van der Waals surface area contributed by atoms with Crippen LogP contribution in [0.15, 0.2) is 12.1 Å². The van der Waals surface area contributed by atoms with E-state index < -0.39 is 0 Å². The third-order valence-electron chi connectivity index (χ3n) is 1.55. The van der Waals surface area contributed by atoms with Crippen molar-refractivity contribution in [3.63, 3.8) is 0 Å². The van der Waals surface area contributed by atoms with Crippen molar-refractivity contribution in [3.8, 4) is 12.1 Å². The first-order valence-corrected chi connectivity index (χ1v) is 4.37. The number of halogens is 1. The minimum absolute atomic E-state index is 0.632. The van der Waals surface area contributed by atoms with E-state index in [1.807, 2.05) is 7.85 Å². The van der Waals surface area contributed by atoms with Gasteiger partial charge in [0.1, 0.15) is 13.9 Å². The van der Waals surface area contributed by atoms with Gasteiger partial charge in [0.05, 0.1) is 11.6 Å². The number of hydrogen-bond donors (Lipinski definition) is 0. The fourth-order valence-corrected chi connectivity index (χ4v) is 1.48. The highest BCUT2D eigenvalue weighted by molar-refractivity contribution is 14.1. The van der Waals surface area contributed by atoms with Gasteiger partial charge in [0.2, 0.25) is 0 Å². The van der Waals surface area contributed by atoms with Crippen molar-refractivity contribution in [1.29, 1.82) is 10.5 Å². The molecule has 0 bridgehead atoms. The van der Waals surface area contributed by atoms with Crippen molar-refractivity contribution in [2.45, 2.75) is 0 Å². The number of benzene rings is 1. The molecule has 0 fully saturated rings. The van der Waals surface area contributed by atoms with Gasteiger partial charge in [0.25, 0.3) is 0 Å². The Morgan fingerprint density at radius 1 is 1.17 bits per heavy atom. The zero-order chi connectivity index (χ0) is 9.14. The maximum Gasteiger partial charge on any atom is 0.141 e. The van der Waals surface area contributed by atoms with Crippen LogP contribution in [0.4, 0.5) is 0 Å². The van der Waals surface area contributed by atoms with E-state index in [0.29, 0.717) is 11.1 Å². The summed E-state index contributed by atoms with van der Waals surface area (Å²) in [5, 5.41) is 17.3. The number of hydrogen-bond acceptors (Lipinski definition) is 2. The molecule has 0 spiro atoms. The second-order valence-corrected chi connectivity index (χ2v) is 3.53. The van der Waals surface area contributed by atoms with Gasteiger partial charge in [-0.3, -0.25) is 0 Å². The fourth-order valence-electron chi connectivity index (χ4n) is 0.888. The van der Waals surface area contributed by atoms with Gasteiger partial charge in [-0.05, 0) is 34.7 Å². The van der Waals surface area contributed by atoms with E-state index >= 15 is 0 Å². The zero-order valence-electron chi connectivity index (χ0n) is 6.43. The van der Waals surface area contributed by atoms with Gasteiger partial charge in [-0.1, -0.05) is 5.46 Å². The van der Waals surface area contributed by atoms with Gasteiger partial charge in [0.15, 0.2) is 0 Å². The molecule has 0 aliphatic heterocycles. The minimum atomic E-state index is 0.632. The second-order valence-electron chi connectivity index (χ2n) is 2.37. The van der Waals surface area contributed by atoms with Crippen molar-refractivity contribution < 1.29 is 0 Å². The predicted octanol–water partition coefficient (Wildman–Crippen LogP) is 0.293. The third kappa shape index (κ3) is 1.59. The van der Waals surface area contributed by atoms with Crippen molar-refractivity contribution in [3.05, 3.63) is 26.8 Å². The molecule has 0 saturated carbocycles. The summed E-state index contributed by atoms with van der Waals surface area (Å²) in [6.07, 6.45) is 0. The SMILES string of the molecule is Bc1cc(C#N)c(I)cc1C#N. The summed E-state index contributed by atoms with van der Waals surface area (Å²) in [6, 6.07) is 7.61. The zero-order valence-corrected chi connectivity index (χ0v) is 8.58. The monoisotopic (exact) mass is 266 g/mol. The van der Waals surface area contributed by atoms with E-state index in [9.17, 15) is 0 Å². The van der Waals surface area contributed by atoms with Crippen molar-refractivity contribution in [2.75, 3.05) is 0 Å². The molecule has 0 unspecified atom stereocenters. The summed E-state index contributed by atoms with van der Waals surface area (Å²) in [5.41, 5.74) is 2.12. The molecule has 0 aliphatic carbocycles. The van der Waals surface area contributed by atoms with E-state index in [2.05, 4.69) is 34.7 Å². The molecule has 0 amide bonds. The lowest BCUT2D eigenvalue weighted by Gasteiger charge is -1.99. The van der Waals surface area contributed by atoms with Crippen LogP contribution in [0.1, 0.15) is 11.1 Å². The molecule has 4 heteroatoms. The molecule has 1 aromatic rings. The van der Waals surface area contributed by atoms with Gasteiger partial charge in [-0.25, -0.2) is 0 Å². The van der Waals surface area contributed by atoms with E-state index in [1.54, 1.807) is 12.1 Å².